The number of hydrogen-bond donors (Lipinski definition) is 3. The van der Waals surface area contributed by atoms with Crippen LogP contribution in [0.5, 0.6) is 0 Å². The molecule has 34 heavy (non-hydrogen) atoms. The molecular formula is C30H45FO3. The van der Waals surface area contributed by atoms with Crippen LogP contribution in [0, 0.1) is 46.3 Å². The predicted octanol–water partition coefficient (Wildman–Crippen LogP) is 6.42. The van der Waals surface area contributed by atoms with Gasteiger partial charge in [-0.05, 0) is 96.8 Å². The zero-order chi connectivity index (χ0) is 24.3. The van der Waals surface area contributed by atoms with Crippen LogP contribution >= 0.6 is 0 Å². The Morgan fingerprint density at radius 3 is 2.35 bits per heavy atom. The highest BCUT2D eigenvalue weighted by atomic mass is 19.2. The van der Waals surface area contributed by atoms with E-state index >= 15 is 0 Å². The maximum Gasteiger partial charge on any atom is 0.207 e. The number of aliphatic hydroxyl groups excluding tert-OH is 2. The number of fused-ring (bicyclic) bond motifs is 5. The van der Waals surface area contributed by atoms with Gasteiger partial charge >= 0.3 is 0 Å². The molecule has 0 heterocycles. The molecule has 0 saturated heterocycles. The number of hydrogen-bond acceptors (Lipinski definition) is 3. The number of halogens is 1. The molecule has 0 aliphatic heterocycles. The van der Waals surface area contributed by atoms with Crippen LogP contribution in [0.25, 0.3) is 0 Å². The molecule has 0 radical (unpaired) electrons. The Balaban J connectivity index is 1.29. The Hall–Kier alpha value is -0.970. The molecule has 0 bridgehead atoms. The van der Waals surface area contributed by atoms with Gasteiger partial charge in [-0.25, -0.2) is 4.39 Å². The van der Waals surface area contributed by atoms with Crippen LogP contribution in [0.1, 0.15) is 96.6 Å². The van der Waals surface area contributed by atoms with E-state index in [9.17, 15) is 19.7 Å². The third-order valence-electron chi connectivity index (χ3n) is 11.6. The molecule has 0 amide bonds. The van der Waals surface area contributed by atoms with Crippen molar-refractivity contribution in [3.63, 3.8) is 0 Å². The predicted molar refractivity (Wildman–Crippen MR) is 132 cm³/mol. The quantitative estimate of drug-likeness (QED) is 0.463. The van der Waals surface area contributed by atoms with Gasteiger partial charge in [0.15, 0.2) is 0 Å². The number of aliphatic hydroxyl groups is 3. The van der Waals surface area contributed by atoms with Crippen LogP contribution in [0.15, 0.2) is 30.3 Å². The van der Waals surface area contributed by atoms with Gasteiger partial charge in [0.25, 0.3) is 0 Å². The lowest BCUT2D eigenvalue weighted by Gasteiger charge is -2.61. The molecular weight excluding hydrogens is 427 g/mol. The normalized spacial score (nSPS) is 46.6. The summed E-state index contributed by atoms with van der Waals surface area (Å²) in [7, 11) is 0. The van der Waals surface area contributed by atoms with Gasteiger partial charge in [-0.1, -0.05) is 51.1 Å². The van der Waals surface area contributed by atoms with Gasteiger partial charge in [0.05, 0.1) is 12.2 Å². The van der Waals surface area contributed by atoms with Crippen LogP contribution in [0.4, 0.5) is 4.39 Å². The monoisotopic (exact) mass is 472 g/mol. The smallest absolute Gasteiger partial charge is 0.207 e. The van der Waals surface area contributed by atoms with Crippen molar-refractivity contribution in [3.05, 3.63) is 35.9 Å². The Morgan fingerprint density at radius 2 is 1.62 bits per heavy atom. The second-order valence-corrected chi connectivity index (χ2v) is 13.1. The second-order valence-electron chi connectivity index (χ2n) is 13.1. The molecule has 0 spiro atoms. The van der Waals surface area contributed by atoms with Crippen molar-refractivity contribution >= 4 is 0 Å². The van der Waals surface area contributed by atoms with Crippen LogP contribution < -0.4 is 0 Å². The topological polar surface area (TPSA) is 60.7 Å². The summed E-state index contributed by atoms with van der Waals surface area (Å²) in [6.45, 7) is 7.09. The first-order valence-electron chi connectivity index (χ1n) is 13.9. The van der Waals surface area contributed by atoms with Crippen molar-refractivity contribution in [1.29, 1.82) is 0 Å². The van der Waals surface area contributed by atoms with E-state index in [-0.39, 0.29) is 16.7 Å². The third-order valence-corrected chi connectivity index (χ3v) is 11.6. The summed E-state index contributed by atoms with van der Waals surface area (Å²) < 4.78 is 14.4. The van der Waals surface area contributed by atoms with Gasteiger partial charge in [0, 0.05) is 19.3 Å². The first-order chi connectivity index (χ1) is 16.1. The lowest BCUT2D eigenvalue weighted by atomic mass is 9.44. The lowest BCUT2D eigenvalue weighted by molar-refractivity contribution is -0.195. The summed E-state index contributed by atoms with van der Waals surface area (Å²) in [4.78, 5) is 0. The molecule has 3 N–H and O–H groups in total. The summed E-state index contributed by atoms with van der Waals surface area (Å²) in [6.07, 6.45) is 7.66. The van der Waals surface area contributed by atoms with Crippen molar-refractivity contribution in [3.8, 4) is 0 Å². The van der Waals surface area contributed by atoms with E-state index in [2.05, 4.69) is 20.8 Å². The van der Waals surface area contributed by atoms with Crippen LogP contribution in [0.3, 0.4) is 0 Å². The summed E-state index contributed by atoms with van der Waals surface area (Å²) in [5.41, 5.74) is 1.27. The van der Waals surface area contributed by atoms with E-state index in [0.717, 1.165) is 31.2 Å². The average Bonchev–Trinajstić information content (AvgIpc) is 3.16. The highest BCUT2D eigenvalue weighted by molar-refractivity contribution is 5.17. The van der Waals surface area contributed by atoms with E-state index in [1.165, 1.54) is 19.3 Å². The number of benzene rings is 1. The maximum atomic E-state index is 14.4. The minimum Gasteiger partial charge on any atom is -0.393 e. The van der Waals surface area contributed by atoms with Crippen molar-refractivity contribution in [2.24, 2.45) is 46.3 Å². The Kier molecular flexibility index (Phi) is 6.43. The van der Waals surface area contributed by atoms with E-state index in [0.29, 0.717) is 48.9 Å². The molecule has 3 nitrogen and oxygen atoms in total. The molecule has 4 heteroatoms. The maximum absolute atomic E-state index is 14.4. The molecule has 4 fully saturated rings. The van der Waals surface area contributed by atoms with Crippen LogP contribution in [-0.2, 0) is 0 Å². The fraction of sp³-hybridized carbons (Fsp3) is 0.800. The molecule has 190 valence electrons. The molecule has 4 aliphatic carbocycles. The Bertz CT molecular complexity index is 858. The first kappa shape index (κ1) is 24.7. The highest BCUT2D eigenvalue weighted by Crippen LogP contribution is 2.69. The van der Waals surface area contributed by atoms with Gasteiger partial charge < -0.3 is 15.3 Å². The van der Waals surface area contributed by atoms with Crippen LogP contribution in [0.2, 0.25) is 0 Å². The van der Waals surface area contributed by atoms with Gasteiger partial charge in [0.1, 0.15) is 0 Å². The summed E-state index contributed by atoms with van der Waals surface area (Å²) >= 11 is 0. The largest absolute Gasteiger partial charge is 0.393 e. The van der Waals surface area contributed by atoms with E-state index in [1.807, 2.05) is 30.3 Å². The molecule has 1 aromatic carbocycles. The summed E-state index contributed by atoms with van der Waals surface area (Å²) in [5, 5.41) is 32.0. The average molecular weight is 473 g/mol. The fourth-order valence-corrected chi connectivity index (χ4v) is 9.63. The standard InChI is InChI=1S/C30H45FO3/c1-19(26(32)17-27(33)20-7-5-4-6-8-20)23-11-12-24-22-10-9-21-18-30(31,34)16-15-28(21,2)25(22)13-14-29(23,24)3/h4-8,19,21-27,32-34H,9-18H2,1-3H3/t19-,21-,22-,23+,24-,25-,26+,27-,28-,29+,30-/m0/s1. The summed E-state index contributed by atoms with van der Waals surface area (Å²) in [6, 6.07) is 9.69. The van der Waals surface area contributed by atoms with Gasteiger partial charge in [-0.15, -0.1) is 0 Å². The van der Waals surface area contributed by atoms with Gasteiger partial charge in [-0.2, -0.15) is 0 Å². The molecule has 4 aliphatic rings. The second kappa shape index (κ2) is 8.85. The van der Waals surface area contributed by atoms with E-state index < -0.39 is 18.1 Å². The van der Waals surface area contributed by atoms with Crippen molar-refractivity contribution in [2.75, 3.05) is 0 Å². The van der Waals surface area contributed by atoms with E-state index in [1.54, 1.807) is 0 Å². The zero-order valence-corrected chi connectivity index (χ0v) is 21.3. The van der Waals surface area contributed by atoms with E-state index in [4.69, 9.17) is 0 Å². The SMILES string of the molecule is C[C@H]([C@H](O)C[C@H](O)c1ccccc1)[C@H]1CC[C@H]2[C@@H]3CC[C@H]4C[C@](O)(F)CC[C@]4(C)[C@H]3CC[C@]12C. The van der Waals surface area contributed by atoms with Crippen molar-refractivity contribution in [2.45, 2.75) is 103 Å². The van der Waals surface area contributed by atoms with Gasteiger partial charge in [-0.3, -0.25) is 0 Å². The molecule has 1 aromatic rings. The molecule has 5 rings (SSSR count). The minimum atomic E-state index is -1.96. The minimum absolute atomic E-state index is 0.158. The number of alkyl halides is 1. The molecule has 0 aromatic heterocycles. The molecule has 4 saturated carbocycles. The Labute approximate surface area is 205 Å². The highest BCUT2D eigenvalue weighted by Gasteiger charge is 2.62. The van der Waals surface area contributed by atoms with Crippen molar-refractivity contribution < 1.29 is 19.7 Å². The zero-order valence-electron chi connectivity index (χ0n) is 21.3. The third kappa shape index (κ3) is 4.06. The van der Waals surface area contributed by atoms with Crippen LogP contribution in [-0.4, -0.2) is 27.3 Å². The van der Waals surface area contributed by atoms with Crippen molar-refractivity contribution in [1.82, 2.24) is 0 Å². The fourth-order valence-electron chi connectivity index (χ4n) is 9.63. The first-order valence-corrected chi connectivity index (χ1v) is 13.9. The molecule has 11 atom stereocenters. The lowest BCUT2D eigenvalue weighted by Crippen LogP contribution is -2.55. The number of rotatable bonds is 5. The molecule has 0 unspecified atom stereocenters. The summed E-state index contributed by atoms with van der Waals surface area (Å²) in [5.74, 6) is 0.981. The van der Waals surface area contributed by atoms with Gasteiger partial charge in [0.2, 0.25) is 5.85 Å². The Morgan fingerprint density at radius 1 is 0.912 bits per heavy atom.